The van der Waals surface area contributed by atoms with Gasteiger partial charge in [-0.25, -0.2) is 0 Å². The summed E-state index contributed by atoms with van der Waals surface area (Å²) in [5, 5.41) is 12.1. The molecule has 0 unspecified atom stereocenters. The molecule has 0 bridgehead atoms. The second kappa shape index (κ2) is 6.36. The van der Waals surface area contributed by atoms with Crippen LogP contribution in [0.15, 0.2) is 0 Å². The summed E-state index contributed by atoms with van der Waals surface area (Å²) in [6, 6.07) is 2.51. The van der Waals surface area contributed by atoms with E-state index in [2.05, 4.69) is 11.4 Å². The Balaban J connectivity index is 2.09. The van der Waals surface area contributed by atoms with Gasteiger partial charge in [-0.2, -0.15) is 5.26 Å². The van der Waals surface area contributed by atoms with Gasteiger partial charge in [0.15, 0.2) is 0 Å². The van der Waals surface area contributed by atoms with E-state index < -0.39 is 0 Å². The number of hydrogen-bond acceptors (Lipinski definition) is 4. The first-order valence-electron chi connectivity index (χ1n) is 7.11. The van der Waals surface area contributed by atoms with E-state index in [1.54, 1.807) is 7.11 Å². The lowest BCUT2D eigenvalue weighted by atomic mass is 9.78. The number of rotatable bonds is 6. The Morgan fingerprint density at radius 1 is 1.47 bits per heavy atom. The number of methoxy groups -OCH3 is 1. The first-order valence-corrected chi connectivity index (χ1v) is 7.11. The highest BCUT2D eigenvalue weighted by molar-refractivity contribution is 5.83. The van der Waals surface area contributed by atoms with Crippen molar-refractivity contribution < 1.29 is 9.53 Å². The smallest absolute Gasteiger partial charge is 0.231 e. The summed E-state index contributed by atoms with van der Waals surface area (Å²) in [7, 11) is 1.66. The maximum atomic E-state index is 12.9. The molecular formula is C14H23N3O2. The Labute approximate surface area is 114 Å². The molecule has 5 nitrogen and oxygen atoms in total. The lowest BCUT2D eigenvalue weighted by Crippen LogP contribution is -2.52. The average Bonchev–Trinajstić information content (AvgIpc) is 3.25. The summed E-state index contributed by atoms with van der Waals surface area (Å²) in [5.74, 6) is 0.202. The largest absolute Gasteiger partial charge is 0.384 e. The summed E-state index contributed by atoms with van der Waals surface area (Å²) in [6.45, 7) is 2.79. The molecule has 0 radical (unpaired) electrons. The van der Waals surface area contributed by atoms with Crippen molar-refractivity contribution in [3.05, 3.63) is 0 Å². The standard InChI is InChI=1S/C14H23N3O2/c1-19-11-14(5-8-16-9-6-14)13(18)17(10-2-7-15)12-3-4-12/h12,16H,2-6,8-11H2,1H3. The van der Waals surface area contributed by atoms with Gasteiger partial charge in [-0.15, -0.1) is 0 Å². The number of piperidine rings is 1. The minimum Gasteiger partial charge on any atom is -0.384 e. The van der Waals surface area contributed by atoms with Gasteiger partial charge in [0.05, 0.1) is 24.5 Å². The highest BCUT2D eigenvalue weighted by atomic mass is 16.5. The first-order chi connectivity index (χ1) is 9.23. The molecule has 0 aromatic rings. The molecule has 0 spiro atoms. The minimum absolute atomic E-state index is 0.202. The Hall–Kier alpha value is -1.12. The molecule has 2 aliphatic rings. The molecule has 2 rings (SSSR count). The molecule has 0 aromatic carbocycles. The van der Waals surface area contributed by atoms with Crippen LogP contribution in [0.25, 0.3) is 0 Å². The fourth-order valence-corrected chi connectivity index (χ4v) is 2.91. The van der Waals surface area contributed by atoms with Gasteiger partial charge < -0.3 is 15.0 Å². The molecule has 0 atom stereocenters. The van der Waals surface area contributed by atoms with Gasteiger partial charge in [0.25, 0.3) is 0 Å². The molecule has 1 heterocycles. The van der Waals surface area contributed by atoms with Crippen LogP contribution < -0.4 is 5.32 Å². The van der Waals surface area contributed by atoms with E-state index in [0.717, 1.165) is 38.8 Å². The number of carbonyl (C=O) groups excluding carboxylic acids is 1. The van der Waals surface area contributed by atoms with Crippen molar-refractivity contribution in [2.24, 2.45) is 5.41 Å². The highest BCUT2D eigenvalue weighted by Gasteiger charge is 2.45. The molecule has 2 fully saturated rings. The van der Waals surface area contributed by atoms with Gasteiger partial charge in [-0.05, 0) is 38.8 Å². The van der Waals surface area contributed by atoms with E-state index in [9.17, 15) is 4.79 Å². The number of nitrogens with one attached hydrogen (secondary N) is 1. The van der Waals surface area contributed by atoms with Crippen molar-refractivity contribution in [3.8, 4) is 6.07 Å². The molecular weight excluding hydrogens is 242 g/mol. The van der Waals surface area contributed by atoms with Gasteiger partial charge in [0.1, 0.15) is 0 Å². The van der Waals surface area contributed by atoms with Crippen molar-refractivity contribution in [2.45, 2.75) is 38.1 Å². The molecule has 19 heavy (non-hydrogen) atoms. The van der Waals surface area contributed by atoms with Crippen molar-refractivity contribution in [1.82, 2.24) is 10.2 Å². The maximum absolute atomic E-state index is 12.9. The Bertz CT molecular complexity index is 349. The van der Waals surface area contributed by atoms with Gasteiger partial charge in [0, 0.05) is 19.7 Å². The minimum atomic E-state index is -0.377. The topological polar surface area (TPSA) is 65.4 Å². The number of nitriles is 1. The lowest BCUT2D eigenvalue weighted by Gasteiger charge is -2.39. The number of amides is 1. The molecule has 5 heteroatoms. The lowest BCUT2D eigenvalue weighted by molar-refractivity contribution is -0.148. The van der Waals surface area contributed by atoms with E-state index >= 15 is 0 Å². The fraction of sp³-hybridized carbons (Fsp3) is 0.857. The summed E-state index contributed by atoms with van der Waals surface area (Å²) in [5.41, 5.74) is -0.377. The second-order valence-electron chi connectivity index (χ2n) is 5.60. The third kappa shape index (κ3) is 3.26. The van der Waals surface area contributed by atoms with Crippen molar-refractivity contribution in [2.75, 3.05) is 33.4 Å². The first kappa shape index (κ1) is 14.3. The van der Waals surface area contributed by atoms with E-state index in [4.69, 9.17) is 10.00 Å². The summed E-state index contributed by atoms with van der Waals surface area (Å²) in [4.78, 5) is 14.8. The van der Waals surface area contributed by atoms with Crippen LogP contribution in [0.5, 0.6) is 0 Å². The van der Waals surface area contributed by atoms with Crippen LogP contribution in [-0.2, 0) is 9.53 Å². The molecule has 106 valence electrons. The number of hydrogen-bond donors (Lipinski definition) is 1. The second-order valence-corrected chi connectivity index (χ2v) is 5.60. The Kier molecular flexibility index (Phi) is 4.78. The van der Waals surface area contributed by atoms with E-state index in [1.807, 2.05) is 4.90 Å². The van der Waals surface area contributed by atoms with Crippen LogP contribution in [0, 0.1) is 16.7 Å². The van der Waals surface area contributed by atoms with Gasteiger partial charge in [-0.1, -0.05) is 0 Å². The Morgan fingerprint density at radius 2 is 2.16 bits per heavy atom. The van der Waals surface area contributed by atoms with Crippen LogP contribution in [0.4, 0.5) is 0 Å². The molecule has 1 aliphatic carbocycles. The van der Waals surface area contributed by atoms with E-state index in [0.29, 0.717) is 25.6 Å². The quantitative estimate of drug-likeness (QED) is 0.775. The van der Waals surface area contributed by atoms with Crippen LogP contribution >= 0.6 is 0 Å². The zero-order valence-corrected chi connectivity index (χ0v) is 11.7. The summed E-state index contributed by atoms with van der Waals surface area (Å²) < 4.78 is 5.32. The monoisotopic (exact) mass is 265 g/mol. The van der Waals surface area contributed by atoms with Crippen LogP contribution in [0.2, 0.25) is 0 Å². The molecule has 1 saturated carbocycles. The maximum Gasteiger partial charge on any atom is 0.231 e. The normalized spacial score (nSPS) is 21.7. The van der Waals surface area contributed by atoms with Crippen molar-refractivity contribution >= 4 is 5.91 Å². The zero-order chi connectivity index (χ0) is 13.7. The SMILES string of the molecule is COCC1(C(=O)N(CCC#N)C2CC2)CCNCC1. The van der Waals surface area contributed by atoms with Crippen LogP contribution in [0.1, 0.15) is 32.1 Å². The summed E-state index contributed by atoms with van der Waals surface area (Å²) in [6.07, 6.45) is 4.24. The van der Waals surface area contributed by atoms with E-state index in [1.165, 1.54) is 0 Å². The van der Waals surface area contributed by atoms with Gasteiger partial charge >= 0.3 is 0 Å². The average molecular weight is 265 g/mol. The van der Waals surface area contributed by atoms with Crippen molar-refractivity contribution in [1.29, 1.82) is 5.26 Å². The zero-order valence-electron chi connectivity index (χ0n) is 11.7. The molecule has 1 saturated heterocycles. The number of ether oxygens (including phenoxy) is 1. The Morgan fingerprint density at radius 3 is 2.68 bits per heavy atom. The van der Waals surface area contributed by atoms with E-state index in [-0.39, 0.29) is 11.3 Å². The van der Waals surface area contributed by atoms with Crippen molar-refractivity contribution in [3.63, 3.8) is 0 Å². The fourth-order valence-electron chi connectivity index (χ4n) is 2.91. The molecule has 1 N–H and O–H groups in total. The van der Waals surface area contributed by atoms with Crippen LogP contribution in [0.3, 0.4) is 0 Å². The van der Waals surface area contributed by atoms with Gasteiger partial charge in [-0.3, -0.25) is 4.79 Å². The van der Waals surface area contributed by atoms with Gasteiger partial charge in [0.2, 0.25) is 5.91 Å². The third-order valence-electron chi connectivity index (χ3n) is 4.15. The molecule has 1 amide bonds. The predicted molar refractivity (Wildman–Crippen MR) is 71.4 cm³/mol. The molecule has 0 aromatic heterocycles. The van der Waals surface area contributed by atoms with Crippen LogP contribution in [-0.4, -0.2) is 50.2 Å². The third-order valence-corrected chi connectivity index (χ3v) is 4.15. The predicted octanol–water partition coefficient (Wildman–Crippen LogP) is 0.907. The highest BCUT2D eigenvalue weighted by Crippen LogP contribution is 2.36. The molecule has 1 aliphatic heterocycles. The number of nitrogens with zero attached hydrogens (tertiary/aromatic N) is 2. The summed E-state index contributed by atoms with van der Waals surface area (Å²) >= 11 is 0. The number of carbonyl (C=O) groups is 1.